The van der Waals surface area contributed by atoms with Crippen molar-refractivity contribution >= 4 is 18.3 Å². The van der Waals surface area contributed by atoms with E-state index in [1.165, 1.54) is 0 Å². The minimum absolute atomic E-state index is 0. The molecule has 0 spiro atoms. The summed E-state index contributed by atoms with van der Waals surface area (Å²) in [6.07, 6.45) is 0. The zero-order valence-corrected chi connectivity index (χ0v) is 2.70. The molecule has 0 N–H and O–H groups in total. The molecule has 0 aromatic carbocycles. The summed E-state index contributed by atoms with van der Waals surface area (Å²) in [6.45, 7) is 0. The third kappa shape index (κ3) is 801. The van der Waals surface area contributed by atoms with E-state index in [-0.39, 0.29) is 64.3 Å². The smallest absolute Gasteiger partial charge is 0 e. The van der Waals surface area contributed by atoms with Crippen LogP contribution in [-0.2, 0) is 0 Å². The lowest BCUT2D eigenvalue weighted by Gasteiger charge is -0.153. The molecule has 0 saturated heterocycles. The Balaban J connectivity index is 0. The van der Waals surface area contributed by atoms with Crippen LogP contribution in [0, 0.1) is 0 Å². The molecule has 0 aliphatic heterocycles. The lowest BCUT2D eigenvalue weighted by molar-refractivity contribution is 2.50. The number of rotatable bonds is 0. The second-order valence-electron chi connectivity index (χ2n) is 0. The van der Waals surface area contributed by atoms with Gasteiger partial charge in [0.1, 0.15) is 0 Å². The van der Waals surface area contributed by atoms with Crippen LogP contribution in [0.5, 0.6) is 0 Å². The fraction of sp³-hybridized carbons (Fsp3) is 1.00. The second kappa shape index (κ2) is 1290. The van der Waals surface area contributed by atoms with Gasteiger partial charge in [-0.3, -0.25) is 0 Å². The molecule has 0 amide bonds. The summed E-state index contributed by atoms with van der Waals surface area (Å²) < 4.78 is 0. The van der Waals surface area contributed by atoms with Crippen LogP contribution in [-0.4, -0.2) is 8.41 Å². The van der Waals surface area contributed by atoms with Crippen molar-refractivity contribution in [3.63, 3.8) is 0 Å². The quantitative estimate of drug-likeness (QED) is 0.358. The van der Waals surface area contributed by atoms with Gasteiger partial charge in [-0.25, -0.2) is 0 Å². The topological polar surface area (TPSA) is 0 Å². The predicted octanol–water partition coefficient (Wildman–Crippen LogP) is 3.74. The van der Waals surface area contributed by atoms with Crippen LogP contribution in [0.2, 0.25) is 0 Å². The SMILES string of the molecule is C.C.C.C.C.C.P.[B].[HH]. The molecule has 0 aliphatic rings. The fourth-order valence-corrected chi connectivity index (χ4v) is 0. The van der Waals surface area contributed by atoms with Gasteiger partial charge in [0.25, 0.3) is 0 Å². The van der Waals surface area contributed by atoms with Crippen LogP contribution in [0.4, 0.5) is 0 Å². The minimum Gasteiger partial charge on any atom is -0.153 e. The lowest BCUT2D eigenvalue weighted by atomic mass is 10.8. The van der Waals surface area contributed by atoms with E-state index in [0.29, 0.717) is 0 Å². The average Bonchev–Trinajstić information content (AvgIpc) is 0. The highest BCUT2D eigenvalue weighted by molar-refractivity contribution is 6.92. The Hall–Kier alpha value is 0.495. The standard InChI is InChI=1S/6CH4.B.H3P.H2/h6*1H4;;1H3;1H. The summed E-state index contributed by atoms with van der Waals surface area (Å²) in [5, 5.41) is 0. The first-order valence-electron chi connectivity index (χ1n) is 0. The Kier molecular flexibility index (Phi) is 314000. The molecular weight excluding hydrogens is 114 g/mol. The zero-order valence-electron chi connectivity index (χ0n) is 1.28. The fourth-order valence-electron chi connectivity index (χ4n) is 0. The molecule has 0 heterocycles. The van der Waals surface area contributed by atoms with Crippen LogP contribution in [0.25, 0.3) is 0 Å². The Morgan fingerprint density at radius 3 is 0.500 bits per heavy atom. The van der Waals surface area contributed by atoms with E-state index >= 15 is 0 Å². The van der Waals surface area contributed by atoms with Crippen molar-refractivity contribution in [3.8, 4) is 0 Å². The van der Waals surface area contributed by atoms with E-state index in [9.17, 15) is 0 Å². The second-order valence-corrected chi connectivity index (χ2v) is 0. The van der Waals surface area contributed by atoms with Crippen molar-refractivity contribution < 1.29 is 1.43 Å². The summed E-state index contributed by atoms with van der Waals surface area (Å²) >= 11 is 0. The minimum atomic E-state index is 0. The van der Waals surface area contributed by atoms with Crippen LogP contribution in [0.1, 0.15) is 46.0 Å². The third-order valence-corrected chi connectivity index (χ3v) is 0. The highest BCUT2D eigenvalue weighted by Gasteiger charge is 0.0000902. The zero-order chi connectivity index (χ0) is 0. The molecule has 0 saturated carbocycles. The molecular formula is C6H29BP. The maximum absolute atomic E-state index is 0. The molecule has 8 heavy (non-hydrogen) atoms. The normalized spacial score (nSPS) is 0. The van der Waals surface area contributed by atoms with Crippen LogP contribution >= 0.6 is 9.90 Å². The molecule has 0 bridgehead atoms. The van der Waals surface area contributed by atoms with Gasteiger partial charge in [-0.05, 0) is 0 Å². The molecule has 2 heteroatoms. The molecule has 3 radical (unpaired) electrons. The summed E-state index contributed by atoms with van der Waals surface area (Å²) in [4.78, 5) is 0. The van der Waals surface area contributed by atoms with Crippen molar-refractivity contribution in [2.75, 3.05) is 0 Å². The van der Waals surface area contributed by atoms with Gasteiger partial charge in [-0.15, -0.1) is 0 Å². The number of hydrogen-bond acceptors (Lipinski definition) is 0. The molecule has 0 rings (SSSR count). The molecule has 0 aliphatic carbocycles. The van der Waals surface area contributed by atoms with Crippen molar-refractivity contribution in [1.29, 1.82) is 0 Å². The van der Waals surface area contributed by atoms with E-state index < -0.39 is 0 Å². The largest absolute Gasteiger partial charge is 0.153 e. The summed E-state index contributed by atoms with van der Waals surface area (Å²) in [6, 6.07) is 0. The highest BCUT2D eigenvalue weighted by atomic mass is 31.0. The molecule has 1 unspecified atom stereocenters. The third-order valence-electron chi connectivity index (χ3n) is 0. The van der Waals surface area contributed by atoms with E-state index in [1.54, 1.807) is 0 Å². The first-order valence-corrected chi connectivity index (χ1v) is 0. The van der Waals surface area contributed by atoms with Crippen molar-refractivity contribution in [3.05, 3.63) is 0 Å². The summed E-state index contributed by atoms with van der Waals surface area (Å²) in [7, 11) is 0. The van der Waals surface area contributed by atoms with E-state index in [2.05, 4.69) is 0 Å². The van der Waals surface area contributed by atoms with E-state index in [0.717, 1.165) is 0 Å². The molecule has 0 fully saturated rings. The van der Waals surface area contributed by atoms with Crippen molar-refractivity contribution in [1.82, 2.24) is 0 Å². The average molecular weight is 143 g/mol. The predicted molar refractivity (Wildman–Crippen MR) is 59.4 cm³/mol. The Morgan fingerprint density at radius 2 is 0.500 bits per heavy atom. The van der Waals surface area contributed by atoms with Crippen LogP contribution in [0.15, 0.2) is 0 Å². The monoisotopic (exact) mass is 143 g/mol. The van der Waals surface area contributed by atoms with E-state index in [1.807, 2.05) is 0 Å². The van der Waals surface area contributed by atoms with Gasteiger partial charge in [0.2, 0.25) is 0 Å². The Morgan fingerprint density at radius 1 is 0.500 bits per heavy atom. The van der Waals surface area contributed by atoms with Gasteiger partial charge >= 0.3 is 0 Å². The molecule has 61 valence electrons. The molecule has 0 aromatic heterocycles. The van der Waals surface area contributed by atoms with E-state index in [4.69, 9.17) is 0 Å². The van der Waals surface area contributed by atoms with Crippen molar-refractivity contribution in [2.45, 2.75) is 44.6 Å². The van der Waals surface area contributed by atoms with Gasteiger partial charge in [-0.1, -0.05) is 44.6 Å². The van der Waals surface area contributed by atoms with Gasteiger partial charge in [0.15, 0.2) is 0 Å². The highest BCUT2D eigenvalue weighted by Crippen LogP contribution is 0.861. The number of hydrogen-bond donors (Lipinski definition) is 0. The van der Waals surface area contributed by atoms with Gasteiger partial charge < -0.3 is 0 Å². The van der Waals surface area contributed by atoms with Gasteiger partial charge in [0.05, 0.1) is 0 Å². The first kappa shape index (κ1) is 1950. The van der Waals surface area contributed by atoms with Crippen LogP contribution in [0.3, 0.4) is 0 Å². The Labute approximate surface area is 65.2 Å². The maximum Gasteiger partial charge on any atom is 0 e. The van der Waals surface area contributed by atoms with Gasteiger partial charge in [0, 0.05) is 9.84 Å². The summed E-state index contributed by atoms with van der Waals surface area (Å²) in [5.41, 5.74) is 0. The molecule has 0 aromatic rings. The van der Waals surface area contributed by atoms with Gasteiger partial charge in [-0.2, -0.15) is 9.90 Å². The van der Waals surface area contributed by atoms with Crippen molar-refractivity contribution in [2.24, 2.45) is 0 Å². The molecule has 0 nitrogen and oxygen atoms in total. The summed E-state index contributed by atoms with van der Waals surface area (Å²) in [5.74, 6) is 0. The first-order chi connectivity index (χ1) is 0. The molecule has 1 atom stereocenters. The Bertz CT molecular complexity index is 13.0. The maximum atomic E-state index is 0. The lowest BCUT2D eigenvalue weighted by Crippen LogP contribution is -0.381. The van der Waals surface area contributed by atoms with Crippen LogP contribution < -0.4 is 0 Å².